The number of fused-ring (bicyclic) bond motifs is 1. The number of benzene rings is 1. The smallest absolute Gasteiger partial charge is 0.284 e. The Kier molecular flexibility index (Phi) is 4.27. The van der Waals surface area contributed by atoms with Crippen molar-refractivity contribution < 1.29 is 9.90 Å². The van der Waals surface area contributed by atoms with Gasteiger partial charge < -0.3 is 14.9 Å². The summed E-state index contributed by atoms with van der Waals surface area (Å²) < 4.78 is 1.53. The number of aromatic hydroxyl groups is 1. The molecule has 7 nitrogen and oxygen atoms in total. The Balaban J connectivity index is 1.90. The summed E-state index contributed by atoms with van der Waals surface area (Å²) in [5.41, 5.74) is 1.04. The first-order valence-electron chi connectivity index (χ1n) is 8.86. The number of hydrogen-bond acceptors (Lipinski definition) is 5. The van der Waals surface area contributed by atoms with E-state index in [0.717, 1.165) is 0 Å². The van der Waals surface area contributed by atoms with Crippen LogP contribution in [0.3, 0.4) is 0 Å². The molecule has 3 heterocycles. The zero-order chi connectivity index (χ0) is 19.0. The molecule has 1 aromatic carbocycles. The van der Waals surface area contributed by atoms with Gasteiger partial charge in [0.15, 0.2) is 11.4 Å². The lowest BCUT2D eigenvalue weighted by atomic mass is 10.2. The van der Waals surface area contributed by atoms with Gasteiger partial charge in [0.25, 0.3) is 5.56 Å². The van der Waals surface area contributed by atoms with E-state index in [1.54, 1.807) is 23.2 Å². The van der Waals surface area contributed by atoms with Gasteiger partial charge in [-0.05, 0) is 24.3 Å². The van der Waals surface area contributed by atoms with E-state index in [4.69, 9.17) is 0 Å². The van der Waals surface area contributed by atoms with E-state index in [1.807, 2.05) is 35.2 Å². The minimum atomic E-state index is -0.318. The van der Waals surface area contributed by atoms with E-state index in [9.17, 15) is 14.7 Å². The monoisotopic (exact) mass is 364 g/mol. The van der Waals surface area contributed by atoms with Crippen LogP contribution in [0, 0.1) is 0 Å². The standard InChI is InChI=1S/C20H20N4O3/c1-14(25)22-10-12-23(13-11-22)17-18(26)16-8-5-9-21-19(16)24(20(17)27)15-6-3-2-4-7-15/h2-9,26H,10-13H2,1H3. The van der Waals surface area contributed by atoms with Crippen molar-refractivity contribution in [3.05, 3.63) is 59.0 Å². The van der Waals surface area contributed by atoms with Gasteiger partial charge in [-0.2, -0.15) is 0 Å². The fourth-order valence-electron chi connectivity index (χ4n) is 3.54. The molecule has 2 aromatic heterocycles. The number of piperazine rings is 1. The molecule has 0 radical (unpaired) electrons. The van der Waals surface area contributed by atoms with Gasteiger partial charge in [0.05, 0.1) is 11.1 Å². The fourth-order valence-corrected chi connectivity index (χ4v) is 3.54. The molecule has 1 N–H and O–H groups in total. The first-order valence-corrected chi connectivity index (χ1v) is 8.86. The molecule has 0 unspecified atom stereocenters. The van der Waals surface area contributed by atoms with Crippen LogP contribution in [0.2, 0.25) is 0 Å². The summed E-state index contributed by atoms with van der Waals surface area (Å²) in [6.07, 6.45) is 1.60. The second-order valence-electron chi connectivity index (χ2n) is 6.54. The van der Waals surface area contributed by atoms with E-state index in [2.05, 4.69) is 4.98 Å². The van der Waals surface area contributed by atoms with E-state index in [1.165, 1.54) is 11.5 Å². The number of amides is 1. The number of hydrogen-bond donors (Lipinski definition) is 1. The van der Waals surface area contributed by atoms with Gasteiger partial charge in [-0.25, -0.2) is 4.98 Å². The molecule has 4 rings (SSSR count). The number of carbonyl (C=O) groups is 1. The predicted molar refractivity (Wildman–Crippen MR) is 103 cm³/mol. The quantitative estimate of drug-likeness (QED) is 0.750. The topological polar surface area (TPSA) is 78.7 Å². The molecule has 1 fully saturated rings. The Hall–Kier alpha value is -3.35. The van der Waals surface area contributed by atoms with E-state index in [0.29, 0.717) is 42.9 Å². The third kappa shape index (κ3) is 2.91. The summed E-state index contributed by atoms with van der Waals surface area (Å²) in [7, 11) is 0. The van der Waals surface area contributed by atoms with Crippen LogP contribution in [-0.2, 0) is 4.79 Å². The largest absolute Gasteiger partial charge is 0.505 e. The number of rotatable bonds is 2. The molecule has 0 spiro atoms. The van der Waals surface area contributed by atoms with Crippen LogP contribution in [0.25, 0.3) is 16.7 Å². The summed E-state index contributed by atoms with van der Waals surface area (Å²) in [5.74, 6) is -0.0464. The third-order valence-electron chi connectivity index (χ3n) is 4.94. The minimum Gasteiger partial charge on any atom is -0.505 e. The molecular weight excluding hydrogens is 344 g/mol. The van der Waals surface area contributed by atoms with Crippen LogP contribution in [0.15, 0.2) is 53.5 Å². The molecule has 1 aliphatic heterocycles. The highest BCUT2D eigenvalue weighted by molar-refractivity contribution is 5.89. The van der Waals surface area contributed by atoms with Crippen molar-refractivity contribution in [1.82, 2.24) is 14.5 Å². The van der Waals surface area contributed by atoms with Crippen LogP contribution in [0.5, 0.6) is 5.75 Å². The lowest BCUT2D eigenvalue weighted by molar-refractivity contribution is -0.129. The average molecular weight is 364 g/mol. The van der Waals surface area contributed by atoms with Crippen LogP contribution in [0.4, 0.5) is 5.69 Å². The predicted octanol–water partition coefficient (Wildman–Crippen LogP) is 1.76. The summed E-state index contributed by atoms with van der Waals surface area (Å²) in [6.45, 7) is 3.55. The van der Waals surface area contributed by atoms with E-state index >= 15 is 0 Å². The van der Waals surface area contributed by atoms with Crippen molar-refractivity contribution >= 4 is 22.6 Å². The van der Waals surface area contributed by atoms with Crippen molar-refractivity contribution in [1.29, 1.82) is 0 Å². The normalized spacial score (nSPS) is 14.6. The van der Waals surface area contributed by atoms with Crippen LogP contribution >= 0.6 is 0 Å². The molecule has 27 heavy (non-hydrogen) atoms. The molecule has 7 heteroatoms. The van der Waals surface area contributed by atoms with Gasteiger partial charge in [0, 0.05) is 39.3 Å². The Morgan fingerprint density at radius 1 is 1.04 bits per heavy atom. The second kappa shape index (κ2) is 6.75. The SMILES string of the molecule is CC(=O)N1CCN(c2c(O)c3cccnc3n(-c3ccccc3)c2=O)CC1. The summed E-state index contributed by atoms with van der Waals surface area (Å²) in [6, 6.07) is 12.8. The molecule has 0 bridgehead atoms. The highest BCUT2D eigenvalue weighted by Gasteiger charge is 2.26. The van der Waals surface area contributed by atoms with E-state index in [-0.39, 0.29) is 22.9 Å². The molecule has 1 aliphatic rings. The molecule has 3 aromatic rings. The summed E-state index contributed by atoms with van der Waals surface area (Å²) in [4.78, 5) is 32.9. The van der Waals surface area contributed by atoms with E-state index < -0.39 is 0 Å². The van der Waals surface area contributed by atoms with Gasteiger partial charge in [-0.3, -0.25) is 14.2 Å². The fraction of sp³-hybridized carbons (Fsp3) is 0.250. The highest BCUT2D eigenvalue weighted by atomic mass is 16.3. The Bertz CT molecular complexity index is 1050. The Morgan fingerprint density at radius 2 is 1.74 bits per heavy atom. The maximum atomic E-state index is 13.4. The van der Waals surface area contributed by atoms with Crippen molar-refractivity contribution in [2.75, 3.05) is 31.1 Å². The number of pyridine rings is 2. The number of anilines is 1. The number of aromatic nitrogens is 2. The molecule has 1 saturated heterocycles. The minimum absolute atomic E-state index is 0.0169. The summed E-state index contributed by atoms with van der Waals surface area (Å²) >= 11 is 0. The van der Waals surface area contributed by atoms with Crippen LogP contribution in [0.1, 0.15) is 6.92 Å². The molecular formula is C20H20N4O3. The average Bonchev–Trinajstić information content (AvgIpc) is 2.69. The number of carbonyl (C=O) groups excluding carboxylic acids is 1. The summed E-state index contributed by atoms with van der Waals surface area (Å²) in [5, 5.41) is 11.4. The second-order valence-corrected chi connectivity index (χ2v) is 6.54. The van der Waals surface area contributed by atoms with Crippen molar-refractivity contribution in [3.8, 4) is 11.4 Å². The zero-order valence-electron chi connectivity index (χ0n) is 15.0. The number of nitrogens with zero attached hydrogens (tertiary/aromatic N) is 4. The first-order chi connectivity index (χ1) is 13.1. The van der Waals surface area contributed by atoms with Crippen molar-refractivity contribution in [2.45, 2.75) is 6.92 Å². The van der Waals surface area contributed by atoms with Crippen LogP contribution in [-0.4, -0.2) is 51.6 Å². The molecule has 0 atom stereocenters. The van der Waals surface area contributed by atoms with Crippen LogP contribution < -0.4 is 10.5 Å². The third-order valence-corrected chi connectivity index (χ3v) is 4.94. The van der Waals surface area contributed by atoms with Crippen molar-refractivity contribution in [3.63, 3.8) is 0 Å². The Labute approximate surface area is 156 Å². The molecule has 138 valence electrons. The zero-order valence-corrected chi connectivity index (χ0v) is 15.0. The van der Waals surface area contributed by atoms with Gasteiger partial charge in [0.2, 0.25) is 5.91 Å². The lowest BCUT2D eigenvalue weighted by Gasteiger charge is -2.35. The first kappa shape index (κ1) is 17.1. The Morgan fingerprint density at radius 3 is 2.41 bits per heavy atom. The van der Waals surface area contributed by atoms with Gasteiger partial charge in [0.1, 0.15) is 5.69 Å². The molecule has 0 aliphatic carbocycles. The molecule has 0 saturated carbocycles. The van der Waals surface area contributed by atoms with Gasteiger partial charge >= 0.3 is 0 Å². The lowest BCUT2D eigenvalue weighted by Crippen LogP contribution is -2.49. The van der Waals surface area contributed by atoms with Crippen molar-refractivity contribution in [2.24, 2.45) is 0 Å². The maximum Gasteiger partial charge on any atom is 0.284 e. The highest BCUT2D eigenvalue weighted by Crippen LogP contribution is 2.32. The number of para-hydroxylation sites is 1. The van der Waals surface area contributed by atoms with Gasteiger partial charge in [-0.15, -0.1) is 0 Å². The molecule has 1 amide bonds. The maximum absolute atomic E-state index is 13.4. The van der Waals surface area contributed by atoms with Gasteiger partial charge in [-0.1, -0.05) is 18.2 Å².